The van der Waals surface area contributed by atoms with Gasteiger partial charge in [0.1, 0.15) is 5.75 Å². The Morgan fingerprint density at radius 3 is 2.55 bits per heavy atom. The molecule has 112 valence electrons. The fourth-order valence-corrected chi connectivity index (χ4v) is 2.71. The molecule has 0 atom stereocenters. The van der Waals surface area contributed by atoms with Crippen molar-refractivity contribution in [1.29, 1.82) is 0 Å². The maximum Gasteiger partial charge on any atom is 0.119 e. The Morgan fingerprint density at radius 2 is 1.85 bits per heavy atom. The highest BCUT2D eigenvalue weighted by molar-refractivity contribution is 5.32. The smallest absolute Gasteiger partial charge is 0.119 e. The number of nitrogens with zero attached hydrogens (tertiary/aromatic N) is 1. The van der Waals surface area contributed by atoms with Gasteiger partial charge in [-0.05, 0) is 55.5 Å². The lowest BCUT2D eigenvalue weighted by molar-refractivity contribution is 0.205. The Kier molecular flexibility index (Phi) is 5.47. The first-order valence-corrected chi connectivity index (χ1v) is 8.01. The third kappa shape index (κ3) is 4.82. The number of benzene rings is 1. The zero-order valence-electron chi connectivity index (χ0n) is 13.3. The molecule has 1 saturated heterocycles. The van der Waals surface area contributed by atoms with Gasteiger partial charge in [-0.25, -0.2) is 0 Å². The molecular formula is C18H29NO. The molecule has 0 bridgehead atoms. The summed E-state index contributed by atoms with van der Waals surface area (Å²) in [6.45, 7) is 11.3. The summed E-state index contributed by atoms with van der Waals surface area (Å²) in [4.78, 5) is 2.57. The lowest BCUT2D eigenvalue weighted by Gasteiger charge is -2.26. The van der Waals surface area contributed by atoms with E-state index in [2.05, 4.69) is 49.9 Å². The molecule has 0 radical (unpaired) electrons. The van der Waals surface area contributed by atoms with Crippen molar-refractivity contribution in [2.24, 2.45) is 0 Å². The second kappa shape index (κ2) is 7.12. The summed E-state index contributed by atoms with van der Waals surface area (Å²) in [5, 5.41) is 0. The highest BCUT2D eigenvalue weighted by Crippen LogP contribution is 2.25. The molecule has 1 heterocycles. The van der Waals surface area contributed by atoms with E-state index in [9.17, 15) is 0 Å². The van der Waals surface area contributed by atoms with Gasteiger partial charge < -0.3 is 9.64 Å². The van der Waals surface area contributed by atoms with E-state index in [-0.39, 0.29) is 5.41 Å². The lowest BCUT2D eigenvalue weighted by Crippen LogP contribution is -2.31. The van der Waals surface area contributed by atoms with Crippen LogP contribution in [0, 0.1) is 0 Å². The Labute approximate surface area is 124 Å². The summed E-state index contributed by atoms with van der Waals surface area (Å²) < 4.78 is 5.91. The molecule has 0 aromatic heterocycles. The summed E-state index contributed by atoms with van der Waals surface area (Å²) in [6.07, 6.45) is 5.27. The van der Waals surface area contributed by atoms with Crippen LogP contribution in [0.1, 0.15) is 52.0 Å². The third-order valence-electron chi connectivity index (χ3n) is 4.04. The summed E-state index contributed by atoms with van der Waals surface area (Å²) >= 11 is 0. The van der Waals surface area contributed by atoms with E-state index in [1.54, 1.807) is 0 Å². The summed E-state index contributed by atoms with van der Waals surface area (Å²) in [7, 11) is 0. The predicted octanol–water partition coefficient (Wildman–Crippen LogP) is 4.24. The van der Waals surface area contributed by atoms with Crippen LogP contribution in [0.5, 0.6) is 5.75 Å². The summed E-state index contributed by atoms with van der Waals surface area (Å²) in [5.41, 5.74) is 1.53. The molecule has 0 unspecified atom stereocenters. The van der Waals surface area contributed by atoms with E-state index in [4.69, 9.17) is 4.74 Å². The molecule has 0 saturated carbocycles. The molecule has 1 aliphatic rings. The van der Waals surface area contributed by atoms with E-state index in [0.717, 1.165) is 18.8 Å². The number of hydrogen-bond acceptors (Lipinski definition) is 2. The number of likely N-dealkylation sites (tertiary alicyclic amines) is 1. The molecule has 0 N–H and O–H groups in total. The molecule has 0 aliphatic carbocycles. The van der Waals surface area contributed by atoms with E-state index in [1.807, 2.05) is 0 Å². The monoisotopic (exact) mass is 275 g/mol. The van der Waals surface area contributed by atoms with Crippen molar-refractivity contribution < 1.29 is 4.74 Å². The third-order valence-corrected chi connectivity index (χ3v) is 4.04. The van der Waals surface area contributed by atoms with Gasteiger partial charge in [0.2, 0.25) is 0 Å². The Bertz CT molecular complexity index is 402. The van der Waals surface area contributed by atoms with E-state index in [1.165, 1.54) is 44.5 Å². The van der Waals surface area contributed by atoms with Crippen molar-refractivity contribution in [3.8, 4) is 5.75 Å². The lowest BCUT2D eigenvalue weighted by atomic mass is 9.87. The Morgan fingerprint density at radius 1 is 1.10 bits per heavy atom. The maximum atomic E-state index is 5.91. The van der Waals surface area contributed by atoms with Gasteiger partial charge in [0.05, 0.1) is 6.61 Å². The second-order valence-corrected chi connectivity index (χ2v) is 6.88. The van der Waals surface area contributed by atoms with Gasteiger partial charge in [0.25, 0.3) is 0 Å². The summed E-state index contributed by atoms with van der Waals surface area (Å²) in [5.74, 6) is 1.01. The number of rotatable bonds is 5. The molecule has 0 amide bonds. The van der Waals surface area contributed by atoms with Crippen LogP contribution in [0.25, 0.3) is 0 Å². The van der Waals surface area contributed by atoms with Crippen LogP contribution in [0.3, 0.4) is 0 Å². The minimum atomic E-state index is 0.188. The normalized spacial score (nSPS) is 17.1. The van der Waals surface area contributed by atoms with Crippen LogP contribution >= 0.6 is 0 Å². The van der Waals surface area contributed by atoms with Crippen LogP contribution in [0.15, 0.2) is 24.3 Å². The number of hydrogen-bond donors (Lipinski definition) is 0. The molecular weight excluding hydrogens is 246 g/mol. The van der Waals surface area contributed by atoms with Gasteiger partial charge in [-0.15, -0.1) is 0 Å². The Hall–Kier alpha value is -1.02. The molecule has 0 spiro atoms. The van der Waals surface area contributed by atoms with E-state index in [0.29, 0.717) is 0 Å². The van der Waals surface area contributed by atoms with Crippen LogP contribution in [-0.2, 0) is 5.41 Å². The number of ether oxygens (including phenoxy) is 1. The average Bonchev–Trinajstić information content (AvgIpc) is 2.44. The second-order valence-electron chi connectivity index (χ2n) is 6.88. The molecule has 1 fully saturated rings. The van der Waals surface area contributed by atoms with E-state index < -0.39 is 0 Å². The summed E-state index contributed by atoms with van der Waals surface area (Å²) in [6, 6.07) is 8.53. The topological polar surface area (TPSA) is 12.5 Å². The van der Waals surface area contributed by atoms with Crippen molar-refractivity contribution in [1.82, 2.24) is 4.90 Å². The van der Waals surface area contributed by atoms with E-state index >= 15 is 0 Å². The highest BCUT2D eigenvalue weighted by atomic mass is 16.5. The van der Waals surface area contributed by atoms with Crippen molar-refractivity contribution >= 4 is 0 Å². The zero-order valence-corrected chi connectivity index (χ0v) is 13.3. The number of piperidine rings is 1. The SMILES string of the molecule is CC(C)(C)c1cccc(OCCCN2CCCCC2)c1. The quantitative estimate of drug-likeness (QED) is 0.745. The van der Waals surface area contributed by atoms with Gasteiger partial charge in [-0.3, -0.25) is 0 Å². The molecule has 2 heteroatoms. The minimum Gasteiger partial charge on any atom is -0.494 e. The van der Waals surface area contributed by atoms with Crippen molar-refractivity contribution in [2.45, 2.75) is 51.9 Å². The fourth-order valence-electron chi connectivity index (χ4n) is 2.71. The van der Waals surface area contributed by atoms with Crippen LogP contribution in [0.4, 0.5) is 0 Å². The fraction of sp³-hybridized carbons (Fsp3) is 0.667. The van der Waals surface area contributed by atoms with Gasteiger partial charge in [-0.2, -0.15) is 0 Å². The molecule has 2 rings (SSSR count). The van der Waals surface area contributed by atoms with Crippen LogP contribution < -0.4 is 4.74 Å². The predicted molar refractivity (Wildman–Crippen MR) is 85.5 cm³/mol. The van der Waals surface area contributed by atoms with Crippen LogP contribution in [0.2, 0.25) is 0 Å². The van der Waals surface area contributed by atoms with Gasteiger partial charge in [0.15, 0.2) is 0 Å². The minimum absolute atomic E-state index is 0.188. The first kappa shape index (κ1) is 15.4. The average molecular weight is 275 g/mol. The largest absolute Gasteiger partial charge is 0.494 e. The van der Waals surface area contributed by atoms with Crippen molar-refractivity contribution in [3.05, 3.63) is 29.8 Å². The van der Waals surface area contributed by atoms with Crippen LogP contribution in [-0.4, -0.2) is 31.1 Å². The van der Waals surface area contributed by atoms with Gasteiger partial charge >= 0.3 is 0 Å². The highest BCUT2D eigenvalue weighted by Gasteiger charge is 2.14. The first-order chi connectivity index (χ1) is 9.55. The standard InChI is InChI=1S/C18H29NO/c1-18(2,3)16-9-7-10-17(15-16)20-14-8-13-19-11-5-4-6-12-19/h7,9-10,15H,4-6,8,11-14H2,1-3H3. The first-order valence-electron chi connectivity index (χ1n) is 8.01. The Balaban J connectivity index is 1.73. The maximum absolute atomic E-state index is 5.91. The van der Waals surface area contributed by atoms with Gasteiger partial charge in [-0.1, -0.05) is 39.3 Å². The van der Waals surface area contributed by atoms with Gasteiger partial charge in [0, 0.05) is 6.54 Å². The molecule has 1 aliphatic heterocycles. The zero-order chi connectivity index (χ0) is 14.4. The molecule has 20 heavy (non-hydrogen) atoms. The molecule has 1 aromatic rings. The molecule has 2 nitrogen and oxygen atoms in total. The van der Waals surface area contributed by atoms with Crippen molar-refractivity contribution in [3.63, 3.8) is 0 Å². The molecule has 1 aromatic carbocycles. The van der Waals surface area contributed by atoms with Crippen molar-refractivity contribution in [2.75, 3.05) is 26.2 Å².